The molecule has 0 unspecified atom stereocenters. The van der Waals surface area contributed by atoms with Crippen LogP contribution in [0.4, 0.5) is 0 Å². The summed E-state index contributed by atoms with van der Waals surface area (Å²) >= 11 is 7.21. The van der Waals surface area contributed by atoms with Crippen LogP contribution < -0.4 is 14.8 Å². The second-order valence-corrected chi connectivity index (χ2v) is 6.16. The molecule has 2 rings (SSSR count). The summed E-state index contributed by atoms with van der Waals surface area (Å²) in [5.74, 6) is 3.45. The monoisotopic (exact) mass is 442 g/mol. The van der Waals surface area contributed by atoms with Crippen LogP contribution in [0.1, 0.15) is 12.5 Å². The Balaban J connectivity index is 2.39. The van der Waals surface area contributed by atoms with Gasteiger partial charge in [0.25, 0.3) is 5.91 Å². The lowest BCUT2D eigenvalue weighted by Gasteiger charge is -2.13. The third kappa shape index (κ3) is 3.95. The molecule has 1 heterocycles. The number of carbonyl (C=O) groups is 1. The summed E-state index contributed by atoms with van der Waals surface area (Å²) in [7, 11) is 1.63. The molecule has 0 bridgehead atoms. The van der Waals surface area contributed by atoms with Gasteiger partial charge in [0.05, 0.1) is 10.2 Å². The van der Waals surface area contributed by atoms with Crippen LogP contribution in [0.5, 0.6) is 11.5 Å². The first kappa shape index (κ1) is 17.6. The number of thiocarbonyl (C=S) groups is 1. The van der Waals surface area contributed by atoms with Gasteiger partial charge >= 0.3 is 0 Å². The van der Waals surface area contributed by atoms with Gasteiger partial charge < -0.3 is 14.8 Å². The van der Waals surface area contributed by atoms with E-state index in [1.54, 1.807) is 19.2 Å². The quantitative estimate of drug-likeness (QED) is 0.329. The number of rotatable bonds is 5. The van der Waals surface area contributed by atoms with E-state index in [-0.39, 0.29) is 12.5 Å². The standard InChI is InChI=1S/C16H15IN2O3S/c1-4-6-22-14-11(17)7-10(9-13(14)21-5-2)8-12-15(20)19(3)16(23)18-12/h1,7-9H,5-6H2,2-3H3,(H,18,23). The van der Waals surface area contributed by atoms with Crippen LogP contribution in [0.15, 0.2) is 17.8 Å². The van der Waals surface area contributed by atoms with Gasteiger partial charge in [-0.3, -0.25) is 9.69 Å². The van der Waals surface area contributed by atoms with E-state index in [9.17, 15) is 4.79 Å². The Morgan fingerprint density at radius 3 is 2.78 bits per heavy atom. The number of amides is 1. The highest BCUT2D eigenvalue weighted by molar-refractivity contribution is 14.1. The molecule has 120 valence electrons. The molecule has 0 atom stereocenters. The molecule has 1 amide bonds. The second kappa shape index (κ2) is 7.66. The maximum atomic E-state index is 12.1. The van der Waals surface area contributed by atoms with Crippen molar-refractivity contribution in [3.8, 4) is 23.8 Å². The number of nitrogens with one attached hydrogen (secondary N) is 1. The van der Waals surface area contributed by atoms with Crippen LogP contribution in [0.3, 0.4) is 0 Å². The van der Waals surface area contributed by atoms with E-state index in [4.69, 9.17) is 28.1 Å². The molecule has 1 aromatic carbocycles. The largest absolute Gasteiger partial charge is 0.490 e. The lowest BCUT2D eigenvalue weighted by atomic mass is 10.1. The van der Waals surface area contributed by atoms with Crippen molar-refractivity contribution in [2.45, 2.75) is 6.92 Å². The third-order valence-electron chi connectivity index (χ3n) is 3.02. The predicted octanol–water partition coefficient (Wildman–Crippen LogP) is 2.39. The first-order valence-electron chi connectivity index (χ1n) is 6.81. The fraction of sp³-hybridized carbons (Fsp3) is 0.250. The van der Waals surface area contributed by atoms with Crippen molar-refractivity contribution in [1.82, 2.24) is 10.2 Å². The molecular weight excluding hydrogens is 427 g/mol. The topological polar surface area (TPSA) is 50.8 Å². The van der Waals surface area contributed by atoms with Gasteiger partial charge in [-0.15, -0.1) is 6.42 Å². The normalized spacial score (nSPS) is 15.6. The molecule has 5 nitrogen and oxygen atoms in total. The van der Waals surface area contributed by atoms with Gasteiger partial charge in [-0.1, -0.05) is 5.92 Å². The minimum Gasteiger partial charge on any atom is -0.490 e. The van der Waals surface area contributed by atoms with Gasteiger partial charge in [-0.2, -0.15) is 0 Å². The van der Waals surface area contributed by atoms with E-state index >= 15 is 0 Å². The zero-order valence-electron chi connectivity index (χ0n) is 12.7. The van der Waals surface area contributed by atoms with Crippen molar-refractivity contribution in [2.24, 2.45) is 0 Å². The smallest absolute Gasteiger partial charge is 0.276 e. The Hall–Kier alpha value is -1.79. The highest BCUT2D eigenvalue weighted by atomic mass is 127. The molecule has 1 fully saturated rings. The summed E-state index contributed by atoms with van der Waals surface area (Å²) in [6, 6.07) is 3.69. The minimum atomic E-state index is -0.171. The number of benzene rings is 1. The van der Waals surface area contributed by atoms with Gasteiger partial charge in [0.15, 0.2) is 16.6 Å². The van der Waals surface area contributed by atoms with Crippen molar-refractivity contribution in [1.29, 1.82) is 0 Å². The number of hydrogen-bond donors (Lipinski definition) is 1. The molecule has 1 saturated heterocycles. The van der Waals surface area contributed by atoms with E-state index < -0.39 is 0 Å². The van der Waals surface area contributed by atoms with Gasteiger partial charge in [0.1, 0.15) is 12.3 Å². The predicted molar refractivity (Wildman–Crippen MR) is 101 cm³/mol. The Kier molecular flexibility index (Phi) is 5.85. The first-order valence-corrected chi connectivity index (χ1v) is 8.30. The molecule has 1 aliphatic rings. The Morgan fingerprint density at radius 2 is 2.22 bits per heavy atom. The van der Waals surface area contributed by atoms with Crippen LogP contribution >= 0.6 is 34.8 Å². The number of nitrogens with zero attached hydrogens (tertiary/aromatic N) is 1. The molecule has 0 aromatic heterocycles. The third-order valence-corrected chi connectivity index (χ3v) is 4.20. The second-order valence-electron chi connectivity index (χ2n) is 4.61. The van der Waals surface area contributed by atoms with Gasteiger partial charge in [0.2, 0.25) is 0 Å². The summed E-state index contributed by atoms with van der Waals surface area (Å²) in [6.45, 7) is 2.54. The molecule has 1 aromatic rings. The SMILES string of the molecule is C#CCOc1c(I)cc(C=C2NC(=S)N(C)C2=O)cc1OCC. The molecule has 0 spiro atoms. The van der Waals surface area contributed by atoms with E-state index in [1.807, 2.05) is 13.0 Å². The van der Waals surface area contributed by atoms with Gasteiger partial charge in [-0.25, -0.2) is 0 Å². The van der Waals surface area contributed by atoms with Crippen molar-refractivity contribution >= 4 is 51.9 Å². The molecule has 7 heteroatoms. The highest BCUT2D eigenvalue weighted by Crippen LogP contribution is 2.35. The van der Waals surface area contributed by atoms with Gasteiger partial charge in [-0.05, 0) is 65.5 Å². The molecule has 0 aliphatic carbocycles. The zero-order valence-corrected chi connectivity index (χ0v) is 15.7. The van der Waals surface area contributed by atoms with E-state index in [0.29, 0.717) is 28.9 Å². The summed E-state index contributed by atoms with van der Waals surface area (Å²) in [4.78, 5) is 13.4. The van der Waals surface area contributed by atoms with Crippen LogP contribution in [-0.2, 0) is 4.79 Å². The fourth-order valence-electron chi connectivity index (χ4n) is 1.98. The van der Waals surface area contributed by atoms with Crippen LogP contribution in [0.25, 0.3) is 6.08 Å². The Labute approximate surface area is 154 Å². The lowest BCUT2D eigenvalue weighted by molar-refractivity contribution is -0.121. The number of likely N-dealkylation sites (N-methyl/N-ethyl adjacent to an activating group) is 1. The first-order chi connectivity index (χ1) is 11.0. The van der Waals surface area contributed by atoms with Gasteiger partial charge in [0, 0.05) is 7.05 Å². The summed E-state index contributed by atoms with van der Waals surface area (Å²) in [6.07, 6.45) is 6.97. The van der Waals surface area contributed by atoms with E-state index in [2.05, 4.69) is 33.8 Å². The molecule has 0 radical (unpaired) electrons. The lowest BCUT2D eigenvalue weighted by Crippen LogP contribution is -2.25. The van der Waals surface area contributed by atoms with Crippen LogP contribution in [-0.4, -0.2) is 36.2 Å². The minimum absolute atomic E-state index is 0.162. The Morgan fingerprint density at radius 1 is 1.48 bits per heavy atom. The highest BCUT2D eigenvalue weighted by Gasteiger charge is 2.27. The van der Waals surface area contributed by atoms with Crippen molar-refractivity contribution in [3.05, 3.63) is 27.0 Å². The number of terminal acetylenes is 1. The summed E-state index contributed by atoms with van der Waals surface area (Å²) in [5.41, 5.74) is 1.23. The number of hydrogen-bond acceptors (Lipinski definition) is 4. The van der Waals surface area contributed by atoms with Crippen LogP contribution in [0.2, 0.25) is 0 Å². The maximum Gasteiger partial charge on any atom is 0.276 e. The van der Waals surface area contributed by atoms with Crippen molar-refractivity contribution in [2.75, 3.05) is 20.3 Å². The summed E-state index contributed by atoms with van der Waals surface area (Å²) in [5, 5.41) is 3.27. The molecule has 1 N–H and O–H groups in total. The van der Waals surface area contributed by atoms with Crippen LogP contribution in [0, 0.1) is 15.9 Å². The fourth-order valence-corrected chi connectivity index (χ4v) is 2.95. The molecule has 0 saturated carbocycles. The average molecular weight is 442 g/mol. The number of ether oxygens (including phenoxy) is 2. The zero-order chi connectivity index (χ0) is 17.0. The molecule has 1 aliphatic heterocycles. The van der Waals surface area contributed by atoms with Crippen molar-refractivity contribution < 1.29 is 14.3 Å². The number of halogens is 1. The Bertz CT molecular complexity index is 725. The summed E-state index contributed by atoms with van der Waals surface area (Å²) < 4.78 is 12.0. The molecule has 23 heavy (non-hydrogen) atoms. The van der Waals surface area contributed by atoms with Crippen molar-refractivity contribution in [3.63, 3.8) is 0 Å². The average Bonchev–Trinajstić information content (AvgIpc) is 2.74. The van der Waals surface area contributed by atoms with E-state index in [1.165, 1.54) is 4.90 Å². The molecular formula is C16H15IN2O3S. The van der Waals surface area contributed by atoms with E-state index in [0.717, 1.165) is 9.13 Å². The maximum absolute atomic E-state index is 12.1. The number of carbonyl (C=O) groups excluding carboxylic acids is 1.